The molecular formula is C18H19ClN2O2. The van der Waals surface area contributed by atoms with Gasteiger partial charge in [0.2, 0.25) is 0 Å². The average molecular weight is 331 g/mol. The normalized spacial score (nSPS) is 17.7. The number of aromatic hydroxyl groups is 1. The van der Waals surface area contributed by atoms with Crippen LogP contribution < -0.4 is 5.32 Å². The smallest absolute Gasteiger partial charge is 0.127 e. The first kappa shape index (κ1) is 15.8. The Hall–Kier alpha value is -2.04. The molecule has 0 saturated carbocycles. The molecule has 1 unspecified atom stereocenters. The zero-order valence-electron chi connectivity index (χ0n) is 12.7. The summed E-state index contributed by atoms with van der Waals surface area (Å²) in [5.41, 5.74) is 3.33. The maximum Gasteiger partial charge on any atom is 0.127 e. The maximum atomic E-state index is 9.43. The van der Waals surface area contributed by atoms with Gasteiger partial charge in [0, 0.05) is 24.1 Å². The quantitative estimate of drug-likeness (QED) is 0.715. The van der Waals surface area contributed by atoms with E-state index in [1.54, 1.807) is 12.1 Å². The number of anilines is 1. The molecule has 2 aromatic carbocycles. The molecule has 3 N–H and O–H groups in total. The number of rotatable bonds is 4. The number of hydrogen-bond donors (Lipinski definition) is 3. The van der Waals surface area contributed by atoms with Gasteiger partial charge in [-0.1, -0.05) is 23.7 Å². The van der Waals surface area contributed by atoms with Crippen LogP contribution in [0.2, 0.25) is 5.02 Å². The Morgan fingerprint density at radius 1 is 1.17 bits per heavy atom. The fourth-order valence-electron chi connectivity index (χ4n) is 2.73. The highest BCUT2D eigenvalue weighted by Gasteiger charge is 2.16. The van der Waals surface area contributed by atoms with E-state index in [0.29, 0.717) is 10.6 Å². The van der Waals surface area contributed by atoms with Crippen molar-refractivity contribution in [2.24, 2.45) is 0 Å². The summed E-state index contributed by atoms with van der Waals surface area (Å²) >= 11 is 6.35. The molecule has 2 aromatic rings. The van der Waals surface area contributed by atoms with Gasteiger partial charge in [-0.15, -0.1) is 0 Å². The molecule has 1 saturated heterocycles. The van der Waals surface area contributed by atoms with Crippen molar-refractivity contribution in [3.63, 3.8) is 0 Å². The Morgan fingerprint density at radius 2 is 1.96 bits per heavy atom. The lowest BCUT2D eigenvalue weighted by Gasteiger charge is -2.25. The Balaban J connectivity index is 1.95. The Bertz CT molecular complexity index is 695. The SMILES string of the molecule is N=Cc1c(Cl)cc(-c2ccc(O)cc2)cc1NC1CCCCO1. The van der Waals surface area contributed by atoms with Crippen LogP contribution in [0.3, 0.4) is 0 Å². The zero-order valence-corrected chi connectivity index (χ0v) is 13.4. The van der Waals surface area contributed by atoms with Crippen LogP contribution in [0.5, 0.6) is 5.75 Å². The van der Waals surface area contributed by atoms with Crippen molar-refractivity contribution in [2.45, 2.75) is 25.5 Å². The van der Waals surface area contributed by atoms with Crippen LogP contribution in [-0.2, 0) is 4.74 Å². The van der Waals surface area contributed by atoms with Gasteiger partial charge in [0.15, 0.2) is 0 Å². The summed E-state index contributed by atoms with van der Waals surface area (Å²) < 4.78 is 5.72. The highest BCUT2D eigenvalue weighted by molar-refractivity contribution is 6.34. The molecule has 1 atom stereocenters. The molecule has 0 amide bonds. The van der Waals surface area contributed by atoms with E-state index < -0.39 is 0 Å². The molecule has 0 spiro atoms. The fraction of sp³-hybridized carbons (Fsp3) is 0.278. The molecule has 5 heteroatoms. The number of phenols is 1. The summed E-state index contributed by atoms with van der Waals surface area (Å²) in [5, 5.41) is 20.9. The monoisotopic (exact) mass is 330 g/mol. The first-order valence-corrected chi connectivity index (χ1v) is 8.07. The predicted octanol–water partition coefficient (Wildman–Crippen LogP) is 4.65. The second-order valence-electron chi connectivity index (χ2n) is 5.61. The largest absolute Gasteiger partial charge is 0.508 e. The second kappa shape index (κ2) is 7.02. The highest BCUT2D eigenvalue weighted by atomic mass is 35.5. The van der Waals surface area contributed by atoms with Crippen LogP contribution in [0.15, 0.2) is 36.4 Å². The van der Waals surface area contributed by atoms with Crippen LogP contribution >= 0.6 is 11.6 Å². The van der Waals surface area contributed by atoms with E-state index in [1.807, 2.05) is 24.3 Å². The van der Waals surface area contributed by atoms with Gasteiger partial charge in [0.1, 0.15) is 12.0 Å². The van der Waals surface area contributed by atoms with Crippen molar-refractivity contribution in [2.75, 3.05) is 11.9 Å². The van der Waals surface area contributed by atoms with Gasteiger partial charge in [-0.2, -0.15) is 0 Å². The van der Waals surface area contributed by atoms with Gasteiger partial charge in [0.25, 0.3) is 0 Å². The lowest BCUT2D eigenvalue weighted by molar-refractivity contribution is 0.0343. The van der Waals surface area contributed by atoms with Gasteiger partial charge < -0.3 is 20.6 Å². The van der Waals surface area contributed by atoms with Crippen molar-refractivity contribution in [3.8, 4) is 16.9 Å². The summed E-state index contributed by atoms with van der Waals surface area (Å²) in [6.45, 7) is 0.753. The van der Waals surface area contributed by atoms with Crippen LogP contribution in [0, 0.1) is 5.41 Å². The minimum atomic E-state index is -0.0476. The molecule has 1 fully saturated rings. The Morgan fingerprint density at radius 3 is 2.61 bits per heavy atom. The summed E-state index contributed by atoms with van der Waals surface area (Å²) in [6.07, 6.45) is 4.37. The summed E-state index contributed by atoms with van der Waals surface area (Å²) in [5.74, 6) is 0.227. The molecule has 1 heterocycles. The topological polar surface area (TPSA) is 65.3 Å². The average Bonchev–Trinajstić information content (AvgIpc) is 2.56. The first-order valence-electron chi connectivity index (χ1n) is 7.69. The third-order valence-corrected chi connectivity index (χ3v) is 4.28. The van der Waals surface area contributed by atoms with Gasteiger partial charge in [-0.05, 0) is 54.7 Å². The van der Waals surface area contributed by atoms with E-state index in [2.05, 4.69) is 5.32 Å². The van der Waals surface area contributed by atoms with Crippen molar-refractivity contribution in [3.05, 3.63) is 47.0 Å². The van der Waals surface area contributed by atoms with E-state index in [4.69, 9.17) is 21.7 Å². The lowest BCUT2D eigenvalue weighted by Crippen LogP contribution is -2.27. The number of hydrogen-bond acceptors (Lipinski definition) is 4. The fourth-order valence-corrected chi connectivity index (χ4v) is 3.01. The van der Waals surface area contributed by atoms with Gasteiger partial charge in [0.05, 0.1) is 5.02 Å². The van der Waals surface area contributed by atoms with E-state index in [1.165, 1.54) is 6.21 Å². The number of ether oxygens (including phenoxy) is 1. The first-order chi connectivity index (χ1) is 11.2. The minimum Gasteiger partial charge on any atom is -0.508 e. The second-order valence-corrected chi connectivity index (χ2v) is 6.02. The molecule has 0 bridgehead atoms. The van der Waals surface area contributed by atoms with E-state index in [9.17, 15) is 5.11 Å². The molecule has 0 aliphatic carbocycles. The molecule has 1 aliphatic rings. The number of nitrogens with one attached hydrogen (secondary N) is 2. The zero-order chi connectivity index (χ0) is 16.2. The Labute approximate surface area is 140 Å². The van der Waals surface area contributed by atoms with Crippen LogP contribution in [0.4, 0.5) is 5.69 Å². The van der Waals surface area contributed by atoms with Gasteiger partial charge >= 0.3 is 0 Å². The van der Waals surface area contributed by atoms with E-state index >= 15 is 0 Å². The number of phenolic OH excluding ortho intramolecular Hbond substituents is 1. The third-order valence-electron chi connectivity index (χ3n) is 3.97. The van der Waals surface area contributed by atoms with Gasteiger partial charge in [-0.3, -0.25) is 0 Å². The maximum absolute atomic E-state index is 9.43. The van der Waals surface area contributed by atoms with E-state index in [0.717, 1.165) is 42.7 Å². The third kappa shape index (κ3) is 3.66. The molecular weight excluding hydrogens is 312 g/mol. The van der Waals surface area contributed by atoms with Crippen molar-refractivity contribution in [1.29, 1.82) is 5.41 Å². The summed E-state index contributed by atoms with van der Waals surface area (Å²) in [6, 6.07) is 10.8. The lowest BCUT2D eigenvalue weighted by atomic mass is 10.0. The summed E-state index contributed by atoms with van der Waals surface area (Å²) in [7, 11) is 0. The van der Waals surface area contributed by atoms with Crippen LogP contribution in [0.25, 0.3) is 11.1 Å². The highest BCUT2D eigenvalue weighted by Crippen LogP contribution is 2.32. The van der Waals surface area contributed by atoms with E-state index in [-0.39, 0.29) is 12.0 Å². The summed E-state index contributed by atoms with van der Waals surface area (Å²) in [4.78, 5) is 0. The minimum absolute atomic E-state index is 0.0476. The predicted molar refractivity (Wildman–Crippen MR) is 93.7 cm³/mol. The molecule has 1 aliphatic heterocycles. The van der Waals surface area contributed by atoms with Gasteiger partial charge in [-0.25, -0.2) is 0 Å². The van der Waals surface area contributed by atoms with Crippen molar-refractivity contribution < 1.29 is 9.84 Å². The van der Waals surface area contributed by atoms with Crippen LogP contribution in [-0.4, -0.2) is 24.2 Å². The molecule has 120 valence electrons. The standard InChI is InChI=1S/C18H19ClN2O2/c19-16-9-13(12-4-6-14(22)7-5-12)10-17(15(16)11-20)21-18-3-1-2-8-23-18/h4-7,9-11,18,20-22H,1-3,8H2. The molecule has 0 radical (unpaired) electrons. The molecule has 0 aromatic heterocycles. The number of halogens is 1. The number of benzene rings is 2. The molecule has 4 nitrogen and oxygen atoms in total. The van der Waals surface area contributed by atoms with Crippen molar-refractivity contribution in [1.82, 2.24) is 0 Å². The van der Waals surface area contributed by atoms with Crippen LogP contribution in [0.1, 0.15) is 24.8 Å². The molecule has 3 rings (SSSR count). The Kier molecular flexibility index (Phi) is 4.84. The molecule has 23 heavy (non-hydrogen) atoms. The van der Waals surface area contributed by atoms with Crippen molar-refractivity contribution >= 4 is 23.5 Å².